The molecule has 4 rings (SSSR count). The normalized spacial score (nSPS) is 14.5. The van der Waals surface area contributed by atoms with Gasteiger partial charge in [-0.2, -0.15) is 5.10 Å². The Morgan fingerprint density at radius 3 is 2.27 bits per heavy atom. The minimum Gasteiger partial charge on any atom is -0.368 e. The van der Waals surface area contributed by atoms with Crippen LogP contribution in [0.3, 0.4) is 0 Å². The lowest BCUT2D eigenvalue weighted by atomic mass is 10.1. The van der Waals surface area contributed by atoms with Gasteiger partial charge in [-0.1, -0.05) is 18.2 Å². The van der Waals surface area contributed by atoms with E-state index < -0.39 is 0 Å². The van der Waals surface area contributed by atoms with E-state index in [0.717, 1.165) is 35.7 Å². The van der Waals surface area contributed by atoms with Gasteiger partial charge in [0.25, 0.3) is 0 Å². The van der Waals surface area contributed by atoms with Crippen molar-refractivity contribution in [2.24, 2.45) is 0 Å². The van der Waals surface area contributed by atoms with E-state index >= 15 is 0 Å². The molecule has 154 valence electrons. The highest BCUT2D eigenvalue weighted by Crippen LogP contribution is 2.20. The van der Waals surface area contributed by atoms with Crippen molar-refractivity contribution < 1.29 is 9.18 Å². The monoisotopic (exact) mass is 404 g/mol. The second-order valence-electron chi connectivity index (χ2n) is 7.45. The Bertz CT molecular complexity index is 1050. The number of aromatic nitrogens is 2. The Hall–Kier alpha value is -3.41. The maximum Gasteiger partial charge on any atom is 0.246 e. The fraction of sp³-hybridized carbons (Fsp3) is 0.250. The number of anilines is 1. The third-order valence-corrected chi connectivity index (χ3v) is 5.52. The molecule has 1 amide bonds. The SMILES string of the molecule is Cc1nn(-c2ccc(F)cc2)c(C)c1C=CC(=O)N1CCN(c2ccccc2)CC1. The van der Waals surface area contributed by atoms with Crippen LogP contribution in [0.4, 0.5) is 10.1 Å². The number of halogens is 1. The highest BCUT2D eigenvalue weighted by atomic mass is 19.1. The molecule has 0 bridgehead atoms. The van der Waals surface area contributed by atoms with E-state index in [2.05, 4.69) is 22.1 Å². The molecule has 0 aliphatic carbocycles. The van der Waals surface area contributed by atoms with Crippen molar-refractivity contribution in [3.8, 4) is 5.69 Å². The van der Waals surface area contributed by atoms with Crippen LogP contribution < -0.4 is 4.90 Å². The van der Waals surface area contributed by atoms with Gasteiger partial charge in [0.1, 0.15) is 5.82 Å². The molecule has 1 saturated heterocycles. The lowest BCUT2D eigenvalue weighted by Gasteiger charge is -2.35. The maximum atomic E-state index is 13.2. The second kappa shape index (κ2) is 8.53. The Morgan fingerprint density at radius 2 is 1.60 bits per heavy atom. The topological polar surface area (TPSA) is 41.4 Å². The number of benzene rings is 2. The third kappa shape index (κ3) is 4.13. The summed E-state index contributed by atoms with van der Waals surface area (Å²) in [5.41, 5.74) is 4.64. The first kappa shape index (κ1) is 19.9. The Balaban J connectivity index is 1.43. The highest BCUT2D eigenvalue weighted by molar-refractivity contribution is 5.92. The summed E-state index contributed by atoms with van der Waals surface area (Å²) in [6.45, 7) is 6.91. The van der Waals surface area contributed by atoms with Crippen LogP contribution in [0.2, 0.25) is 0 Å². The van der Waals surface area contributed by atoms with E-state index in [0.29, 0.717) is 13.1 Å². The number of carbonyl (C=O) groups excluding carboxylic acids is 1. The predicted octanol–water partition coefficient (Wildman–Crippen LogP) is 3.99. The molecule has 1 fully saturated rings. The van der Waals surface area contributed by atoms with E-state index in [1.807, 2.05) is 43.0 Å². The fourth-order valence-corrected chi connectivity index (χ4v) is 3.81. The van der Waals surface area contributed by atoms with E-state index in [9.17, 15) is 9.18 Å². The fourth-order valence-electron chi connectivity index (χ4n) is 3.81. The number of piperazine rings is 1. The van der Waals surface area contributed by atoms with Crippen LogP contribution in [0.5, 0.6) is 0 Å². The summed E-state index contributed by atoms with van der Waals surface area (Å²) in [6.07, 6.45) is 3.47. The zero-order valence-electron chi connectivity index (χ0n) is 17.3. The molecular formula is C24H25FN4O. The quantitative estimate of drug-likeness (QED) is 0.618. The van der Waals surface area contributed by atoms with Gasteiger partial charge in [0.05, 0.1) is 11.4 Å². The lowest BCUT2D eigenvalue weighted by molar-refractivity contribution is -0.126. The molecule has 0 atom stereocenters. The molecule has 30 heavy (non-hydrogen) atoms. The van der Waals surface area contributed by atoms with Crippen molar-refractivity contribution >= 4 is 17.7 Å². The number of nitrogens with zero attached hydrogens (tertiary/aromatic N) is 4. The summed E-state index contributed by atoms with van der Waals surface area (Å²) < 4.78 is 15.0. The molecule has 0 N–H and O–H groups in total. The van der Waals surface area contributed by atoms with Crippen LogP contribution in [0.25, 0.3) is 11.8 Å². The highest BCUT2D eigenvalue weighted by Gasteiger charge is 2.20. The van der Waals surface area contributed by atoms with Crippen molar-refractivity contribution in [1.29, 1.82) is 0 Å². The van der Waals surface area contributed by atoms with Gasteiger partial charge in [0, 0.05) is 49.2 Å². The van der Waals surface area contributed by atoms with Crippen molar-refractivity contribution in [1.82, 2.24) is 14.7 Å². The molecule has 5 nitrogen and oxygen atoms in total. The molecule has 0 unspecified atom stereocenters. The van der Waals surface area contributed by atoms with Gasteiger partial charge in [0.2, 0.25) is 5.91 Å². The van der Waals surface area contributed by atoms with Gasteiger partial charge in [-0.05, 0) is 56.3 Å². The van der Waals surface area contributed by atoms with Crippen LogP contribution in [0.15, 0.2) is 60.7 Å². The molecule has 3 aromatic rings. The summed E-state index contributed by atoms with van der Waals surface area (Å²) in [5, 5.41) is 4.56. The number of rotatable bonds is 4. The lowest BCUT2D eigenvalue weighted by Crippen LogP contribution is -2.48. The third-order valence-electron chi connectivity index (χ3n) is 5.52. The minimum atomic E-state index is -0.279. The smallest absolute Gasteiger partial charge is 0.246 e. The summed E-state index contributed by atoms with van der Waals surface area (Å²) in [7, 11) is 0. The maximum absolute atomic E-state index is 13.2. The average molecular weight is 404 g/mol. The van der Waals surface area contributed by atoms with Gasteiger partial charge in [-0.25, -0.2) is 9.07 Å². The van der Waals surface area contributed by atoms with Gasteiger partial charge in [-0.15, -0.1) is 0 Å². The van der Waals surface area contributed by atoms with Crippen molar-refractivity contribution in [3.63, 3.8) is 0 Å². The first-order chi connectivity index (χ1) is 14.5. The van der Waals surface area contributed by atoms with Gasteiger partial charge in [0.15, 0.2) is 0 Å². The first-order valence-corrected chi connectivity index (χ1v) is 10.1. The predicted molar refractivity (Wildman–Crippen MR) is 117 cm³/mol. The molecular weight excluding hydrogens is 379 g/mol. The molecule has 1 aliphatic heterocycles. The van der Waals surface area contributed by atoms with Crippen molar-refractivity contribution in [2.45, 2.75) is 13.8 Å². The minimum absolute atomic E-state index is 0.0102. The summed E-state index contributed by atoms with van der Waals surface area (Å²) in [4.78, 5) is 16.9. The van der Waals surface area contributed by atoms with E-state index in [-0.39, 0.29) is 11.7 Å². The molecule has 6 heteroatoms. The first-order valence-electron chi connectivity index (χ1n) is 10.1. The summed E-state index contributed by atoms with van der Waals surface area (Å²) in [6, 6.07) is 16.5. The average Bonchev–Trinajstić information content (AvgIpc) is 3.06. The summed E-state index contributed by atoms with van der Waals surface area (Å²) >= 11 is 0. The number of para-hydroxylation sites is 1. The Kier molecular flexibility index (Phi) is 5.65. The number of hydrogen-bond donors (Lipinski definition) is 0. The number of aryl methyl sites for hydroxylation is 1. The molecule has 0 spiro atoms. The number of carbonyl (C=O) groups is 1. The molecule has 0 saturated carbocycles. The molecule has 1 aliphatic rings. The van der Waals surface area contributed by atoms with E-state index in [1.165, 1.54) is 17.8 Å². The van der Waals surface area contributed by atoms with Crippen molar-refractivity contribution in [3.05, 3.63) is 83.4 Å². The summed E-state index contributed by atoms with van der Waals surface area (Å²) in [5.74, 6) is -0.269. The Labute approximate surface area is 176 Å². The zero-order valence-corrected chi connectivity index (χ0v) is 17.3. The van der Waals surface area contributed by atoms with Crippen LogP contribution >= 0.6 is 0 Å². The van der Waals surface area contributed by atoms with Crippen LogP contribution in [0.1, 0.15) is 17.0 Å². The zero-order chi connectivity index (χ0) is 21.1. The van der Waals surface area contributed by atoms with E-state index in [4.69, 9.17) is 0 Å². The molecule has 2 heterocycles. The van der Waals surface area contributed by atoms with Crippen molar-refractivity contribution in [2.75, 3.05) is 31.1 Å². The van der Waals surface area contributed by atoms with Gasteiger partial charge >= 0.3 is 0 Å². The molecule has 2 aromatic carbocycles. The Morgan fingerprint density at radius 1 is 0.933 bits per heavy atom. The molecule has 1 aromatic heterocycles. The van der Waals surface area contributed by atoms with Crippen LogP contribution in [-0.2, 0) is 4.79 Å². The number of hydrogen-bond acceptors (Lipinski definition) is 3. The van der Waals surface area contributed by atoms with E-state index in [1.54, 1.807) is 22.9 Å². The van der Waals surface area contributed by atoms with Gasteiger partial charge in [-0.3, -0.25) is 4.79 Å². The number of amides is 1. The molecule has 0 radical (unpaired) electrons. The second-order valence-corrected chi connectivity index (χ2v) is 7.45. The van der Waals surface area contributed by atoms with Crippen LogP contribution in [-0.4, -0.2) is 46.8 Å². The van der Waals surface area contributed by atoms with Gasteiger partial charge < -0.3 is 9.80 Å². The van der Waals surface area contributed by atoms with Crippen LogP contribution in [0, 0.1) is 19.7 Å². The largest absolute Gasteiger partial charge is 0.368 e. The standard InChI is InChI=1S/C24H25FN4O/c1-18-23(19(2)29(26-18)22-10-8-20(25)9-11-22)12-13-24(30)28-16-14-27(15-17-28)21-6-4-3-5-7-21/h3-13H,14-17H2,1-2H3.